The minimum Gasteiger partial charge on any atom is -0.307 e. The molecule has 3 aromatic heterocycles. The average Bonchev–Trinajstić information content (AvgIpc) is 3.46. The van der Waals surface area contributed by atoms with E-state index in [4.69, 9.17) is 9.97 Å². The fraction of sp³-hybridized carbons (Fsp3) is 0. The van der Waals surface area contributed by atoms with Crippen LogP contribution in [0.2, 0.25) is 0 Å². The van der Waals surface area contributed by atoms with Gasteiger partial charge in [-0.2, -0.15) is 0 Å². The van der Waals surface area contributed by atoms with E-state index in [0.29, 0.717) is 0 Å². The van der Waals surface area contributed by atoms with E-state index in [9.17, 15) is 0 Å². The molecule has 0 aliphatic rings. The van der Waals surface area contributed by atoms with Gasteiger partial charge in [0.1, 0.15) is 0 Å². The summed E-state index contributed by atoms with van der Waals surface area (Å²) >= 11 is 0. The maximum atomic E-state index is 5.07. The van der Waals surface area contributed by atoms with E-state index < -0.39 is 0 Å². The van der Waals surface area contributed by atoms with Crippen molar-refractivity contribution in [3.05, 3.63) is 121 Å². The highest BCUT2D eigenvalue weighted by molar-refractivity contribution is 6.23. The molecule has 0 radical (unpaired) electrons. The Hall–Kier alpha value is -4.96. The van der Waals surface area contributed by atoms with Crippen LogP contribution in [0.15, 0.2) is 121 Å². The van der Waals surface area contributed by atoms with Gasteiger partial charge in [-0.3, -0.25) is 9.55 Å². The van der Waals surface area contributed by atoms with E-state index in [1.165, 1.54) is 32.6 Å². The smallest absolute Gasteiger partial charge is 0.156 e. The van der Waals surface area contributed by atoms with Gasteiger partial charge < -0.3 is 4.57 Å². The molecule has 5 aromatic carbocycles. The van der Waals surface area contributed by atoms with Crippen molar-refractivity contribution in [1.82, 2.24) is 19.1 Å². The first kappa shape index (κ1) is 19.4. The molecule has 0 spiro atoms. The third-order valence-corrected chi connectivity index (χ3v) is 7.15. The standard InChI is InChI=1S/C32H20N4/c1-2-10-21(11-3-1)35-28-16-8-4-12-22(28)24-18-19-25-23-13-5-9-17-29(23)36(32(25)31(24)35)30-20-33-26-14-6-7-15-27(26)34-30/h1-20H. The van der Waals surface area contributed by atoms with E-state index in [2.05, 4.69) is 100 Å². The number of benzene rings is 5. The van der Waals surface area contributed by atoms with Crippen LogP contribution in [0.3, 0.4) is 0 Å². The summed E-state index contributed by atoms with van der Waals surface area (Å²) in [4.78, 5) is 9.84. The molecular formula is C32H20N4. The SMILES string of the molecule is c1ccc(-n2c3ccccc3c3ccc4c5ccccc5n(-c5cnc6ccccc6n5)c4c32)cc1. The summed E-state index contributed by atoms with van der Waals surface area (Å²) in [6.07, 6.45) is 1.89. The molecule has 0 fully saturated rings. The summed E-state index contributed by atoms with van der Waals surface area (Å²) in [5, 5.41) is 4.86. The zero-order chi connectivity index (χ0) is 23.6. The van der Waals surface area contributed by atoms with Crippen LogP contribution < -0.4 is 0 Å². The van der Waals surface area contributed by atoms with E-state index >= 15 is 0 Å². The number of hydrogen-bond donors (Lipinski definition) is 0. The molecular weight excluding hydrogens is 440 g/mol. The number of rotatable bonds is 2. The van der Waals surface area contributed by atoms with Gasteiger partial charge in [-0.1, -0.05) is 78.9 Å². The predicted octanol–water partition coefficient (Wildman–Crippen LogP) is 7.82. The summed E-state index contributed by atoms with van der Waals surface area (Å²) in [6, 6.07) is 40.4. The van der Waals surface area contributed by atoms with Crippen LogP contribution in [-0.2, 0) is 0 Å². The maximum absolute atomic E-state index is 5.07. The summed E-state index contributed by atoms with van der Waals surface area (Å²) in [6.45, 7) is 0. The Morgan fingerprint density at radius 2 is 1.00 bits per heavy atom. The first-order valence-corrected chi connectivity index (χ1v) is 12.1. The molecule has 0 aliphatic heterocycles. The second-order valence-corrected chi connectivity index (χ2v) is 9.12. The van der Waals surface area contributed by atoms with Crippen molar-refractivity contribution in [3.63, 3.8) is 0 Å². The highest BCUT2D eigenvalue weighted by Gasteiger charge is 2.21. The predicted molar refractivity (Wildman–Crippen MR) is 148 cm³/mol. The van der Waals surface area contributed by atoms with Crippen molar-refractivity contribution < 1.29 is 0 Å². The fourth-order valence-electron chi connectivity index (χ4n) is 5.64. The van der Waals surface area contributed by atoms with Gasteiger partial charge >= 0.3 is 0 Å². The first-order valence-electron chi connectivity index (χ1n) is 12.1. The second-order valence-electron chi connectivity index (χ2n) is 9.12. The van der Waals surface area contributed by atoms with Gasteiger partial charge in [-0.05, 0) is 36.4 Å². The number of fused-ring (bicyclic) bond motifs is 8. The Balaban J connectivity index is 1.64. The topological polar surface area (TPSA) is 35.6 Å². The largest absolute Gasteiger partial charge is 0.307 e. The van der Waals surface area contributed by atoms with Crippen molar-refractivity contribution in [3.8, 4) is 11.5 Å². The van der Waals surface area contributed by atoms with Crippen LogP contribution in [0.25, 0.3) is 66.2 Å². The lowest BCUT2D eigenvalue weighted by Crippen LogP contribution is -2.01. The third kappa shape index (κ3) is 2.58. The van der Waals surface area contributed by atoms with Gasteiger partial charge in [0, 0.05) is 27.2 Å². The Bertz CT molecular complexity index is 2100. The van der Waals surface area contributed by atoms with Crippen molar-refractivity contribution in [2.24, 2.45) is 0 Å². The van der Waals surface area contributed by atoms with Crippen molar-refractivity contribution in [2.45, 2.75) is 0 Å². The van der Waals surface area contributed by atoms with Crippen LogP contribution in [0.1, 0.15) is 0 Å². The first-order chi connectivity index (χ1) is 17.9. The Morgan fingerprint density at radius 3 is 1.72 bits per heavy atom. The summed E-state index contributed by atoms with van der Waals surface area (Å²) < 4.78 is 4.67. The van der Waals surface area contributed by atoms with Gasteiger partial charge in [0.15, 0.2) is 5.82 Å². The minimum atomic E-state index is 0.817. The monoisotopic (exact) mass is 460 g/mol. The molecule has 0 atom stereocenters. The molecule has 0 unspecified atom stereocenters. The number of aromatic nitrogens is 4. The second kappa shape index (κ2) is 7.27. The highest BCUT2D eigenvalue weighted by atomic mass is 15.1. The van der Waals surface area contributed by atoms with Crippen LogP contribution in [0.5, 0.6) is 0 Å². The Morgan fingerprint density at radius 1 is 0.444 bits per heavy atom. The molecule has 0 saturated heterocycles. The molecule has 36 heavy (non-hydrogen) atoms. The molecule has 3 heterocycles. The number of nitrogens with zero attached hydrogens (tertiary/aromatic N) is 4. The molecule has 8 rings (SSSR count). The summed E-state index contributed by atoms with van der Waals surface area (Å²) in [7, 11) is 0. The van der Waals surface area contributed by atoms with Crippen LogP contribution in [0.4, 0.5) is 0 Å². The van der Waals surface area contributed by atoms with Gasteiger partial charge in [0.2, 0.25) is 0 Å². The van der Waals surface area contributed by atoms with Crippen molar-refractivity contribution in [2.75, 3.05) is 0 Å². The minimum absolute atomic E-state index is 0.817. The van der Waals surface area contributed by atoms with E-state index in [0.717, 1.165) is 33.6 Å². The molecule has 0 N–H and O–H groups in total. The van der Waals surface area contributed by atoms with Gasteiger partial charge in [-0.15, -0.1) is 0 Å². The van der Waals surface area contributed by atoms with Gasteiger partial charge in [0.25, 0.3) is 0 Å². The van der Waals surface area contributed by atoms with Crippen LogP contribution in [0, 0.1) is 0 Å². The summed E-state index contributed by atoms with van der Waals surface area (Å²) in [5.41, 5.74) is 7.53. The molecule has 4 heteroatoms. The van der Waals surface area contributed by atoms with E-state index in [1.807, 2.05) is 30.5 Å². The van der Waals surface area contributed by atoms with E-state index in [-0.39, 0.29) is 0 Å². The normalized spacial score (nSPS) is 11.9. The lowest BCUT2D eigenvalue weighted by Gasteiger charge is -2.12. The molecule has 4 nitrogen and oxygen atoms in total. The lowest BCUT2D eigenvalue weighted by molar-refractivity contribution is 1.07. The third-order valence-electron chi connectivity index (χ3n) is 7.15. The Labute approximate surface area is 206 Å². The van der Waals surface area contributed by atoms with Crippen molar-refractivity contribution in [1.29, 1.82) is 0 Å². The molecule has 0 aliphatic carbocycles. The number of hydrogen-bond acceptors (Lipinski definition) is 2. The zero-order valence-corrected chi connectivity index (χ0v) is 19.3. The molecule has 168 valence electrons. The van der Waals surface area contributed by atoms with Crippen molar-refractivity contribution >= 4 is 54.6 Å². The Kier molecular flexibility index (Phi) is 3.91. The fourth-order valence-corrected chi connectivity index (χ4v) is 5.64. The maximum Gasteiger partial charge on any atom is 0.156 e. The average molecular weight is 461 g/mol. The highest BCUT2D eigenvalue weighted by Crippen LogP contribution is 2.41. The number of para-hydroxylation sites is 5. The molecule has 8 aromatic rings. The molecule has 0 saturated carbocycles. The quantitative estimate of drug-likeness (QED) is 0.264. The van der Waals surface area contributed by atoms with Crippen LogP contribution in [-0.4, -0.2) is 19.1 Å². The molecule has 0 bridgehead atoms. The van der Waals surface area contributed by atoms with Crippen LogP contribution >= 0.6 is 0 Å². The summed E-state index contributed by atoms with van der Waals surface area (Å²) in [5.74, 6) is 0.817. The van der Waals surface area contributed by atoms with Gasteiger partial charge in [0.05, 0.1) is 39.3 Å². The zero-order valence-electron chi connectivity index (χ0n) is 19.3. The van der Waals surface area contributed by atoms with E-state index in [1.54, 1.807) is 0 Å². The van der Waals surface area contributed by atoms with Gasteiger partial charge in [-0.25, -0.2) is 4.98 Å². The lowest BCUT2D eigenvalue weighted by atomic mass is 10.1. The molecule has 0 amide bonds.